The van der Waals surface area contributed by atoms with Crippen LogP contribution in [0.2, 0.25) is 0 Å². The van der Waals surface area contributed by atoms with Crippen LogP contribution < -0.4 is 5.73 Å². The summed E-state index contributed by atoms with van der Waals surface area (Å²) < 4.78 is 2.14. The van der Waals surface area contributed by atoms with Crippen LogP contribution in [0.1, 0.15) is 31.9 Å². The number of anilines is 1. The molecule has 118 valence electrons. The van der Waals surface area contributed by atoms with Crippen molar-refractivity contribution in [3.05, 3.63) is 72.1 Å². The third kappa shape index (κ3) is 3.29. The minimum absolute atomic E-state index is 0.159. The second-order valence-corrected chi connectivity index (χ2v) is 6.90. The fraction of sp³-hybridized carbons (Fsp3) is 0.250. The van der Waals surface area contributed by atoms with Gasteiger partial charge in [-0.15, -0.1) is 0 Å². The van der Waals surface area contributed by atoms with Crippen molar-refractivity contribution in [1.29, 1.82) is 0 Å². The summed E-state index contributed by atoms with van der Waals surface area (Å²) in [6.45, 7) is 7.40. The van der Waals surface area contributed by atoms with E-state index < -0.39 is 0 Å². The maximum Gasteiger partial charge on any atom is 0.140 e. The number of benzene rings is 2. The van der Waals surface area contributed by atoms with Gasteiger partial charge >= 0.3 is 0 Å². The molecule has 0 spiro atoms. The first kappa shape index (κ1) is 15.3. The van der Waals surface area contributed by atoms with Gasteiger partial charge in [0.15, 0.2) is 0 Å². The Kier molecular flexibility index (Phi) is 3.95. The third-order valence-corrected chi connectivity index (χ3v) is 4.12. The Bertz CT molecular complexity index is 792. The van der Waals surface area contributed by atoms with Crippen LogP contribution in [0.4, 0.5) is 5.69 Å². The van der Waals surface area contributed by atoms with E-state index in [4.69, 9.17) is 5.73 Å². The van der Waals surface area contributed by atoms with Crippen molar-refractivity contribution in [3.63, 3.8) is 0 Å². The van der Waals surface area contributed by atoms with Gasteiger partial charge in [-0.1, -0.05) is 63.2 Å². The van der Waals surface area contributed by atoms with Crippen LogP contribution in [-0.2, 0) is 12.0 Å². The average molecular weight is 305 g/mol. The van der Waals surface area contributed by atoms with Crippen LogP contribution in [0.3, 0.4) is 0 Å². The molecule has 1 aromatic heterocycles. The van der Waals surface area contributed by atoms with Gasteiger partial charge in [-0.3, -0.25) is 0 Å². The molecule has 0 aliphatic rings. The molecular formula is C20H23N3. The molecule has 3 aromatic rings. The molecule has 3 nitrogen and oxygen atoms in total. The summed E-state index contributed by atoms with van der Waals surface area (Å²) >= 11 is 0. The lowest BCUT2D eigenvalue weighted by atomic mass is 9.87. The number of para-hydroxylation sites is 1. The van der Waals surface area contributed by atoms with Crippen molar-refractivity contribution in [2.24, 2.45) is 0 Å². The minimum atomic E-state index is 0.159. The Labute approximate surface area is 137 Å². The highest BCUT2D eigenvalue weighted by molar-refractivity contribution is 5.57. The van der Waals surface area contributed by atoms with Crippen LogP contribution in [0.5, 0.6) is 0 Å². The lowest BCUT2D eigenvalue weighted by Crippen LogP contribution is -2.10. The van der Waals surface area contributed by atoms with Gasteiger partial charge in [0.2, 0.25) is 0 Å². The third-order valence-electron chi connectivity index (χ3n) is 4.12. The van der Waals surface area contributed by atoms with Crippen molar-refractivity contribution in [2.45, 2.75) is 32.7 Å². The zero-order chi connectivity index (χ0) is 16.4. The molecule has 0 unspecified atom stereocenters. The SMILES string of the molecule is CC(C)(C)c1ccc(-c2nccn2Cc2ccccc2N)cc1. The summed E-state index contributed by atoms with van der Waals surface area (Å²) in [6, 6.07) is 16.6. The minimum Gasteiger partial charge on any atom is -0.398 e. The Hall–Kier alpha value is -2.55. The highest BCUT2D eigenvalue weighted by atomic mass is 15.1. The zero-order valence-corrected chi connectivity index (χ0v) is 14.0. The Morgan fingerprint density at radius 2 is 1.70 bits per heavy atom. The Morgan fingerprint density at radius 1 is 1.00 bits per heavy atom. The molecule has 23 heavy (non-hydrogen) atoms. The van der Waals surface area contributed by atoms with E-state index in [0.717, 1.165) is 29.2 Å². The fourth-order valence-corrected chi connectivity index (χ4v) is 2.68. The van der Waals surface area contributed by atoms with Crippen LogP contribution in [0.15, 0.2) is 60.9 Å². The number of aromatic nitrogens is 2. The van der Waals surface area contributed by atoms with E-state index in [1.54, 1.807) is 0 Å². The van der Waals surface area contributed by atoms with E-state index in [1.807, 2.05) is 30.6 Å². The van der Waals surface area contributed by atoms with Gasteiger partial charge in [-0.25, -0.2) is 4.98 Å². The van der Waals surface area contributed by atoms with Crippen LogP contribution >= 0.6 is 0 Å². The lowest BCUT2D eigenvalue weighted by Gasteiger charge is -2.19. The molecule has 2 N–H and O–H groups in total. The van der Waals surface area contributed by atoms with Gasteiger partial charge in [-0.05, 0) is 22.6 Å². The maximum atomic E-state index is 6.06. The molecule has 3 rings (SSSR count). The first-order chi connectivity index (χ1) is 10.9. The molecule has 3 heteroatoms. The van der Waals surface area contributed by atoms with Crippen molar-refractivity contribution in [2.75, 3.05) is 5.73 Å². The molecule has 0 bridgehead atoms. The first-order valence-corrected chi connectivity index (χ1v) is 7.90. The molecule has 0 aliphatic carbocycles. The molecule has 0 fully saturated rings. The van der Waals surface area contributed by atoms with Crippen molar-refractivity contribution < 1.29 is 0 Å². The molecule has 0 saturated heterocycles. The number of nitrogen functional groups attached to an aromatic ring is 1. The zero-order valence-electron chi connectivity index (χ0n) is 14.0. The van der Waals surface area contributed by atoms with Gasteiger partial charge in [-0.2, -0.15) is 0 Å². The summed E-state index contributed by atoms with van der Waals surface area (Å²) in [4.78, 5) is 4.53. The summed E-state index contributed by atoms with van der Waals surface area (Å²) in [7, 11) is 0. The number of imidazole rings is 1. The summed E-state index contributed by atoms with van der Waals surface area (Å²) in [5.74, 6) is 0.966. The second kappa shape index (κ2) is 5.92. The van der Waals surface area contributed by atoms with Crippen LogP contribution in [-0.4, -0.2) is 9.55 Å². The van der Waals surface area contributed by atoms with E-state index in [1.165, 1.54) is 5.56 Å². The number of nitrogens with zero attached hydrogens (tertiary/aromatic N) is 2. The Balaban J connectivity index is 1.91. The molecule has 0 amide bonds. The van der Waals surface area contributed by atoms with Crippen LogP contribution in [0, 0.1) is 0 Å². The first-order valence-electron chi connectivity index (χ1n) is 7.90. The highest BCUT2D eigenvalue weighted by Crippen LogP contribution is 2.26. The smallest absolute Gasteiger partial charge is 0.140 e. The van der Waals surface area contributed by atoms with Crippen molar-refractivity contribution in [1.82, 2.24) is 9.55 Å². The molecule has 2 aromatic carbocycles. The van der Waals surface area contributed by atoms with Crippen molar-refractivity contribution in [3.8, 4) is 11.4 Å². The van der Waals surface area contributed by atoms with Gasteiger partial charge in [0.05, 0.1) is 6.54 Å². The largest absolute Gasteiger partial charge is 0.398 e. The van der Waals surface area contributed by atoms with Gasteiger partial charge in [0.1, 0.15) is 5.82 Å². The van der Waals surface area contributed by atoms with E-state index >= 15 is 0 Å². The summed E-state index contributed by atoms with van der Waals surface area (Å²) in [6.07, 6.45) is 3.84. The number of hydrogen-bond acceptors (Lipinski definition) is 2. The molecule has 1 heterocycles. The van der Waals surface area contributed by atoms with Gasteiger partial charge in [0, 0.05) is 23.6 Å². The second-order valence-electron chi connectivity index (χ2n) is 6.90. The van der Waals surface area contributed by atoms with E-state index in [-0.39, 0.29) is 5.41 Å². The van der Waals surface area contributed by atoms with Crippen molar-refractivity contribution >= 4 is 5.69 Å². The number of rotatable bonds is 3. The monoisotopic (exact) mass is 305 g/mol. The van der Waals surface area contributed by atoms with Crippen LogP contribution in [0.25, 0.3) is 11.4 Å². The molecule has 0 atom stereocenters. The predicted molar refractivity (Wildman–Crippen MR) is 96.3 cm³/mol. The molecule has 0 radical (unpaired) electrons. The summed E-state index contributed by atoms with van der Waals surface area (Å²) in [5, 5.41) is 0. The van der Waals surface area contributed by atoms with E-state index in [9.17, 15) is 0 Å². The van der Waals surface area contributed by atoms with E-state index in [2.05, 4.69) is 60.7 Å². The Morgan fingerprint density at radius 3 is 2.35 bits per heavy atom. The van der Waals surface area contributed by atoms with Gasteiger partial charge in [0.25, 0.3) is 0 Å². The lowest BCUT2D eigenvalue weighted by molar-refractivity contribution is 0.590. The molecule has 0 aliphatic heterocycles. The maximum absolute atomic E-state index is 6.06. The standard InChI is InChI=1S/C20H23N3/c1-20(2,3)17-10-8-15(9-11-17)19-22-12-13-23(19)14-16-6-4-5-7-18(16)21/h4-13H,14,21H2,1-3H3. The topological polar surface area (TPSA) is 43.8 Å². The highest BCUT2D eigenvalue weighted by Gasteiger charge is 2.14. The number of hydrogen-bond donors (Lipinski definition) is 1. The average Bonchev–Trinajstić information content (AvgIpc) is 2.97. The summed E-state index contributed by atoms with van der Waals surface area (Å²) in [5.41, 5.74) is 10.6. The predicted octanol–water partition coefficient (Wildman–Crippen LogP) is 4.48. The number of nitrogens with two attached hydrogens (primary N) is 1. The fourth-order valence-electron chi connectivity index (χ4n) is 2.68. The van der Waals surface area contributed by atoms with E-state index in [0.29, 0.717) is 0 Å². The molecular weight excluding hydrogens is 282 g/mol. The molecule has 0 saturated carbocycles. The quantitative estimate of drug-likeness (QED) is 0.725. The van der Waals surface area contributed by atoms with Gasteiger partial charge < -0.3 is 10.3 Å². The normalized spacial score (nSPS) is 11.6.